The summed E-state index contributed by atoms with van der Waals surface area (Å²) in [6.45, 7) is 8.17. The average Bonchev–Trinajstić information content (AvgIpc) is 2.92. The molecule has 0 aliphatic rings. The van der Waals surface area contributed by atoms with E-state index in [4.69, 9.17) is 16.3 Å². The molecule has 0 saturated heterocycles. The Labute approximate surface area is 147 Å². The summed E-state index contributed by atoms with van der Waals surface area (Å²) in [6.07, 6.45) is 0. The first-order chi connectivity index (χ1) is 11.3. The van der Waals surface area contributed by atoms with E-state index in [1.807, 2.05) is 13.8 Å². The van der Waals surface area contributed by atoms with Crippen LogP contribution in [-0.4, -0.2) is 29.8 Å². The molecule has 0 aliphatic heterocycles. The monoisotopic (exact) mass is 372 g/mol. The Hall–Kier alpha value is -1.64. The summed E-state index contributed by atoms with van der Waals surface area (Å²) in [5, 5.41) is 8.43. The van der Waals surface area contributed by atoms with Crippen molar-refractivity contribution in [2.45, 2.75) is 45.2 Å². The molecule has 1 heterocycles. The standard InChI is InChI=1S/C15H21ClN4O3S/c1-5-20-14(17-18-15(20)23-6-2)11(4)19-24(21,22)13-9-7-8-12(16)10(13)3/h7-9,11,19H,5-6H2,1-4H3/t11-/m1/s1. The minimum absolute atomic E-state index is 0.148. The maximum absolute atomic E-state index is 12.7. The highest BCUT2D eigenvalue weighted by atomic mass is 35.5. The van der Waals surface area contributed by atoms with Crippen LogP contribution in [0.2, 0.25) is 5.02 Å². The van der Waals surface area contributed by atoms with E-state index in [0.717, 1.165) is 0 Å². The van der Waals surface area contributed by atoms with Crippen LogP contribution < -0.4 is 9.46 Å². The normalized spacial score (nSPS) is 13.0. The van der Waals surface area contributed by atoms with Gasteiger partial charge >= 0.3 is 6.01 Å². The summed E-state index contributed by atoms with van der Waals surface area (Å²) >= 11 is 6.02. The zero-order valence-corrected chi connectivity index (χ0v) is 15.6. The number of rotatable bonds is 7. The third-order valence-corrected chi connectivity index (χ3v) is 5.66. The van der Waals surface area contributed by atoms with Crippen molar-refractivity contribution in [3.05, 3.63) is 34.6 Å². The minimum atomic E-state index is -3.75. The van der Waals surface area contributed by atoms with Crippen LogP contribution in [-0.2, 0) is 16.6 Å². The van der Waals surface area contributed by atoms with E-state index in [9.17, 15) is 8.42 Å². The van der Waals surface area contributed by atoms with Crippen LogP contribution in [0.4, 0.5) is 0 Å². The highest BCUT2D eigenvalue weighted by molar-refractivity contribution is 7.89. The predicted octanol–water partition coefficient (Wildman–Crippen LogP) is 2.70. The van der Waals surface area contributed by atoms with Gasteiger partial charge in [0, 0.05) is 11.6 Å². The van der Waals surface area contributed by atoms with Gasteiger partial charge in [-0.05, 0) is 45.4 Å². The van der Waals surface area contributed by atoms with Gasteiger partial charge in [-0.15, -0.1) is 5.10 Å². The molecule has 7 nitrogen and oxygen atoms in total. The van der Waals surface area contributed by atoms with Crippen LogP contribution in [0, 0.1) is 6.92 Å². The van der Waals surface area contributed by atoms with E-state index in [0.29, 0.717) is 35.6 Å². The largest absolute Gasteiger partial charge is 0.464 e. The van der Waals surface area contributed by atoms with Gasteiger partial charge in [0.2, 0.25) is 10.0 Å². The Morgan fingerprint density at radius 3 is 2.67 bits per heavy atom. The second-order valence-corrected chi connectivity index (χ2v) is 7.31. The van der Waals surface area contributed by atoms with E-state index in [1.54, 1.807) is 30.5 Å². The maximum Gasteiger partial charge on any atom is 0.316 e. The Balaban J connectivity index is 2.32. The quantitative estimate of drug-likeness (QED) is 0.807. The van der Waals surface area contributed by atoms with Crippen LogP contribution in [0.1, 0.15) is 38.2 Å². The van der Waals surface area contributed by atoms with Gasteiger partial charge in [-0.25, -0.2) is 13.1 Å². The van der Waals surface area contributed by atoms with Crippen molar-refractivity contribution in [1.29, 1.82) is 0 Å². The number of nitrogens with one attached hydrogen (secondary N) is 1. The van der Waals surface area contributed by atoms with Gasteiger partial charge in [0.05, 0.1) is 17.5 Å². The maximum atomic E-state index is 12.7. The van der Waals surface area contributed by atoms with Crippen molar-refractivity contribution in [3.8, 4) is 6.01 Å². The molecule has 2 rings (SSSR count). The van der Waals surface area contributed by atoms with Gasteiger partial charge in [0.15, 0.2) is 5.82 Å². The highest BCUT2D eigenvalue weighted by Crippen LogP contribution is 2.25. The van der Waals surface area contributed by atoms with E-state index in [1.165, 1.54) is 6.07 Å². The topological polar surface area (TPSA) is 86.1 Å². The molecule has 24 heavy (non-hydrogen) atoms. The van der Waals surface area contributed by atoms with Crippen molar-refractivity contribution < 1.29 is 13.2 Å². The molecule has 9 heteroatoms. The summed E-state index contributed by atoms with van der Waals surface area (Å²) in [4.78, 5) is 0.148. The van der Waals surface area contributed by atoms with Gasteiger partial charge in [0.1, 0.15) is 0 Å². The fourth-order valence-corrected chi connectivity index (χ4v) is 4.08. The fraction of sp³-hybridized carbons (Fsp3) is 0.467. The van der Waals surface area contributed by atoms with Gasteiger partial charge < -0.3 is 4.74 Å². The van der Waals surface area contributed by atoms with E-state index in [2.05, 4.69) is 14.9 Å². The number of benzene rings is 1. The molecule has 0 radical (unpaired) electrons. The Morgan fingerprint density at radius 2 is 2.04 bits per heavy atom. The predicted molar refractivity (Wildman–Crippen MR) is 91.8 cm³/mol. The Morgan fingerprint density at radius 1 is 1.33 bits per heavy atom. The molecule has 1 aromatic heterocycles. The van der Waals surface area contributed by atoms with Gasteiger partial charge in [-0.3, -0.25) is 4.57 Å². The van der Waals surface area contributed by atoms with Crippen LogP contribution in [0.15, 0.2) is 23.1 Å². The molecular weight excluding hydrogens is 352 g/mol. The van der Waals surface area contributed by atoms with Crippen molar-refractivity contribution >= 4 is 21.6 Å². The van der Waals surface area contributed by atoms with Crippen molar-refractivity contribution in [1.82, 2.24) is 19.5 Å². The Kier molecular flexibility index (Phi) is 5.84. The number of aromatic nitrogens is 3. The first-order valence-electron chi connectivity index (χ1n) is 7.65. The molecule has 0 saturated carbocycles. The van der Waals surface area contributed by atoms with Crippen molar-refractivity contribution in [2.24, 2.45) is 0 Å². The lowest BCUT2D eigenvalue weighted by Crippen LogP contribution is -2.29. The molecule has 0 fully saturated rings. The number of halogens is 1. The molecular formula is C15H21ClN4O3S. The molecule has 0 spiro atoms. The van der Waals surface area contributed by atoms with Crippen LogP contribution in [0.5, 0.6) is 6.01 Å². The SMILES string of the molecule is CCOc1nnc([C@@H](C)NS(=O)(=O)c2cccc(Cl)c2C)n1CC. The minimum Gasteiger partial charge on any atom is -0.464 e. The average molecular weight is 373 g/mol. The molecule has 0 bridgehead atoms. The van der Waals surface area contributed by atoms with Crippen molar-refractivity contribution in [2.75, 3.05) is 6.61 Å². The second-order valence-electron chi connectivity index (χ2n) is 5.22. The summed E-state index contributed by atoms with van der Waals surface area (Å²) in [7, 11) is -3.75. The zero-order valence-electron chi connectivity index (χ0n) is 14.1. The molecule has 0 amide bonds. The summed E-state index contributed by atoms with van der Waals surface area (Å²) < 4.78 is 35.1. The summed E-state index contributed by atoms with van der Waals surface area (Å²) in [5.41, 5.74) is 0.505. The second kappa shape index (κ2) is 7.50. The summed E-state index contributed by atoms with van der Waals surface area (Å²) in [5.74, 6) is 0.490. The Bertz CT molecular complexity index is 820. The smallest absolute Gasteiger partial charge is 0.316 e. The first-order valence-corrected chi connectivity index (χ1v) is 9.51. The first kappa shape index (κ1) is 18.7. The van der Waals surface area contributed by atoms with Crippen LogP contribution >= 0.6 is 11.6 Å². The lowest BCUT2D eigenvalue weighted by Gasteiger charge is -2.16. The fourth-order valence-electron chi connectivity index (χ4n) is 2.38. The number of sulfonamides is 1. The summed E-state index contributed by atoms with van der Waals surface area (Å²) in [6, 6.07) is 4.58. The van der Waals surface area contributed by atoms with Crippen molar-refractivity contribution in [3.63, 3.8) is 0 Å². The molecule has 1 aromatic carbocycles. The number of hydrogen-bond donors (Lipinski definition) is 1. The van der Waals surface area contributed by atoms with E-state index in [-0.39, 0.29) is 4.90 Å². The molecule has 1 N–H and O–H groups in total. The number of hydrogen-bond acceptors (Lipinski definition) is 5. The lowest BCUT2D eigenvalue weighted by molar-refractivity contribution is 0.294. The van der Waals surface area contributed by atoms with Crippen LogP contribution in [0.25, 0.3) is 0 Å². The molecule has 2 aromatic rings. The third kappa shape index (κ3) is 3.71. The molecule has 1 atom stereocenters. The highest BCUT2D eigenvalue weighted by Gasteiger charge is 2.25. The van der Waals surface area contributed by atoms with Gasteiger partial charge in [-0.2, -0.15) is 0 Å². The zero-order chi connectivity index (χ0) is 17.9. The van der Waals surface area contributed by atoms with Crippen LogP contribution in [0.3, 0.4) is 0 Å². The lowest BCUT2D eigenvalue weighted by atomic mass is 10.2. The van der Waals surface area contributed by atoms with E-state index >= 15 is 0 Å². The van der Waals surface area contributed by atoms with Gasteiger partial charge in [-0.1, -0.05) is 22.8 Å². The molecule has 0 aliphatic carbocycles. The van der Waals surface area contributed by atoms with Gasteiger partial charge in [0.25, 0.3) is 0 Å². The molecule has 0 unspecified atom stereocenters. The third-order valence-electron chi connectivity index (χ3n) is 3.56. The number of ether oxygens (including phenoxy) is 1. The van der Waals surface area contributed by atoms with E-state index < -0.39 is 16.1 Å². The number of nitrogens with zero attached hydrogens (tertiary/aromatic N) is 3. The molecule has 132 valence electrons.